The maximum atomic E-state index is 5.32. The second-order valence-corrected chi connectivity index (χ2v) is 5.69. The Morgan fingerprint density at radius 1 is 1.32 bits per heavy atom. The predicted molar refractivity (Wildman–Crippen MR) is 98.8 cm³/mol. The van der Waals surface area contributed by atoms with E-state index in [-0.39, 0.29) is 24.8 Å². The predicted octanol–water partition coefficient (Wildman–Crippen LogP) is 3.76. The summed E-state index contributed by atoms with van der Waals surface area (Å²) >= 11 is 0. The number of methoxy groups -OCH3 is 1. The molecule has 22 heavy (non-hydrogen) atoms. The minimum Gasteiger partial charge on any atom is -0.497 e. The highest BCUT2D eigenvalue weighted by Crippen LogP contribution is 2.31. The molecule has 1 saturated heterocycles. The van der Waals surface area contributed by atoms with Gasteiger partial charge in [0.1, 0.15) is 5.75 Å². The first-order valence-corrected chi connectivity index (χ1v) is 7.35. The first kappa shape index (κ1) is 21.3. The Morgan fingerprint density at radius 3 is 2.45 bits per heavy atom. The Hall–Kier alpha value is -0.740. The van der Waals surface area contributed by atoms with Crippen LogP contribution in [0.15, 0.2) is 30.4 Å². The van der Waals surface area contributed by atoms with Crippen LogP contribution < -0.4 is 10.1 Å². The van der Waals surface area contributed by atoms with E-state index in [1.807, 2.05) is 0 Å². The van der Waals surface area contributed by atoms with Gasteiger partial charge in [-0.05, 0) is 43.5 Å². The van der Waals surface area contributed by atoms with Crippen LogP contribution in [0.25, 0.3) is 0 Å². The zero-order valence-electron chi connectivity index (χ0n) is 13.7. The van der Waals surface area contributed by atoms with Gasteiger partial charge in [-0.3, -0.25) is 4.90 Å². The van der Waals surface area contributed by atoms with Crippen molar-refractivity contribution in [2.75, 3.05) is 33.3 Å². The maximum absolute atomic E-state index is 5.32. The molecule has 1 heterocycles. The summed E-state index contributed by atoms with van der Waals surface area (Å²) in [6, 6.07) is 6.84. The number of halogens is 2. The fourth-order valence-corrected chi connectivity index (χ4v) is 2.91. The molecule has 1 fully saturated rings. The fourth-order valence-electron chi connectivity index (χ4n) is 2.91. The van der Waals surface area contributed by atoms with E-state index >= 15 is 0 Å². The van der Waals surface area contributed by atoms with Crippen molar-refractivity contribution in [3.05, 3.63) is 41.5 Å². The van der Waals surface area contributed by atoms with Crippen LogP contribution >= 0.6 is 24.8 Å². The minimum absolute atomic E-state index is 0. The lowest BCUT2D eigenvalue weighted by Gasteiger charge is -2.36. The average Bonchev–Trinajstić information content (AvgIpc) is 2.45. The summed E-state index contributed by atoms with van der Waals surface area (Å²) in [5.41, 5.74) is 3.94. The molecular weight excluding hydrogens is 319 g/mol. The number of piperazine rings is 1. The topological polar surface area (TPSA) is 24.5 Å². The fraction of sp³-hybridized carbons (Fsp3) is 0.529. The van der Waals surface area contributed by atoms with Gasteiger partial charge < -0.3 is 10.1 Å². The minimum atomic E-state index is 0. The SMILES string of the molecule is C=C(C)C[C@@H](c1ccc(OC)cc1C)N1CCNCC1.Cl.Cl. The largest absolute Gasteiger partial charge is 0.497 e. The molecule has 1 aromatic rings. The Labute approximate surface area is 146 Å². The lowest BCUT2D eigenvalue weighted by molar-refractivity contribution is 0.172. The second-order valence-electron chi connectivity index (χ2n) is 5.69. The summed E-state index contributed by atoms with van der Waals surface area (Å²) in [4.78, 5) is 2.57. The van der Waals surface area contributed by atoms with Crippen molar-refractivity contribution < 1.29 is 4.74 Å². The summed E-state index contributed by atoms with van der Waals surface area (Å²) in [6.45, 7) is 12.7. The van der Waals surface area contributed by atoms with Crippen LogP contribution in [0.1, 0.15) is 30.5 Å². The molecule has 5 heteroatoms. The molecule has 3 nitrogen and oxygen atoms in total. The van der Waals surface area contributed by atoms with Crippen molar-refractivity contribution >= 4 is 24.8 Å². The molecule has 0 amide bonds. The first-order chi connectivity index (χ1) is 9.61. The van der Waals surface area contributed by atoms with Crippen molar-refractivity contribution in [1.29, 1.82) is 0 Å². The van der Waals surface area contributed by atoms with Crippen LogP contribution in [-0.4, -0.2) is 38.2 Å². The first-order valence-electron chi connectivity index (χ1n) is 7.35. The zero-order chi connectivity index (χ0) is 14.5. The Morgan fingerprint density at radius 2 is 1.95 bits per heavy atom. The number of ether oxygens (including phenoxy) is 1. The quantitative estimate of drug-likeness (QED) is 0.821. The van der Waals surface area contributed by atoms with Crippen molar-refractivity contribution in [2.45, 2.75) is 26.3 Å². The molecule has 2 rings (SSSR count). The molecule has 1 aliphatic rings. The highest BCUT2D eigenvalue weighted by molar-refractivity contribution is 5.85. The van der Waals surface area contributed by atoms with Crippen LogP contribution in [-0.2, 0) is 0 Å². The van der Waals surface area contributed by atoms with Gasteiger partial charge in [0.05, 0.1) is 7.11 Å². The highest BCUT2D eigenvalue weighted by Gasteiger charge is 2.23. The van der Waals surface area contributed by atoms with Gasteiger partial charge in [-0.1, -0.05) is 11.6 Å². The number of hydrogen-bond donors (Lipinski definition) is 1. The molecule has 1 aliphatic heterocycles. The number of nitrogens with zero attached hydrogens (tertiary/aromatic N) is 1. The molecule has 0 unspecified atom stereocenters. The van der Waals surface area contributed by atoms with E-state index in [1.165, 1.54) is 16.7 Å². The number of rotatable bonds is 5. The van der Waals surface area contributed by atoms with E-state index in [4.69, 9.17) is 4.74 Å². The van der Waals surface area contributed by atoms with E-state index in [2.05, 4.69) is 48.8 Å². The summed E-state index contributed by atoms with van der Waals surface area (Å²) in [5, 5.41) is 3.42. The summed E-state index contributed by atoms with van der Waals surface area (Å²) < 4.78 is 5.32. The number of nitrogens with one attached hydrogen (secondary N) is 1. The Bertz CT molecular complexity index is 474. The van der Waals surface area contributed by atoms with Crippen molar-refractivity contribution in [3.8, 4) is 5.75 Å². The standard InChI is InChI=1S/C17H26N2O.2ClH/c1-13(2)11-17(19-9-7-18-8-10-19)16-6-5-15(20-4)12-14(16)3;;/h5-6,12,17-18H,1,7-11H2,2-4H3;2*1H/t17-;;/m0../s1. The molecular formula is C17H28Cl2N2O. The molecule has 0 bridgehead atoms. The lowest BCUT2D eigenvalue weighted by Crippen LogP contribution is -2.45. The third kappa shape index (κ3) is 5.47. The third-order valence-electron chi connectivity index (χ3n) is 3.97. The summed E-state index contributed by atoms with van der Waals surface area (Å²) in [5.74, 6) is 0.931. The molecule has 1 aromatic carbocycles. The van der Waals surface area contributed by atoms with Crippen LogP contribution in [0.5, 0.6) is 5.75 Å². The van der Waals surface area contributed by atoms with E-state index in [9.17, 15) is 0 Å². The molecule has 1 atom stereocenters. The van der Waals surface area contributed by atoms with E-state index < -0.39 is 0 Å². The Balaban J connectivity index is 0.00000220. The van der Waals surface area contributed by atoms with E-state index in [0.29, 0.717) is 6.04 Å². The Kier molecular flexibility index (Phi) is 9.77. The number of hydrogen-bond acceptors (Lipinski definition) is 3. The molecule has 0 aliphatic carbocycles. The van der Waals surface area contributed by atoms with Crippen LogP contribution in [0.3, 0.4) is 0 Å². The molecule has 0 spiro atoms. The monoisotopic (exact) mass is 346 g/mol. The smallest absolute Gasteiger partial charge is 0.119 e. The number of aryl methyl sites for hydroxylation is 1. The van der Waals surface area contributed by atoms with Gasteiger partial charge in [-0.15, -0.1) is 31.4 Å². The van der Waals surface area contributed by atoms with Gasteiger partial charge in [0.15, 0.2) is 0 Å². The van der Waals surface area contributed by atoms with Gasteiger partial charge in [0, 0.05) is 32.2 Å². The van der Waals surface area contributed by atoms with Crippen molar-refractivity contribution in [1.82, 2.24) is 10.2 Å². The third-order valence-corrected chi connectivity index (χ3v) is 3.97. The zero-order valence-corrected chi connectivity index (χ0v) is 15.4. The van der Waals surface area contributed by atoms with Crippen molar-refractivity contribution in [3.63, 3.8) is 0 Å². The average molecular weight is 347 g/mol. The van der Waals surface area contributed by atoms with Gasteiger partial charge in [-0.25, -0.2) is 0 Å². The normalized spacial score (nSPS) is 16.1. The van der Waals surface area contributed by atoms with Gasteiger partial charge in [0.2, 0.25) is 0 Å². The lowest BCUT2D eigenvalue weighted by atomic mass is 9.94. The van der Waals surface area contributed by atoms with E-state index in [1.54, 1.807) is 7.11 Å². The molecule has 0 saturated carbocycles. The molecule has 1 N–H and O–H groups in total. The van der Waals surface area contributed by atoms with Gasteiger partial charge in [0.25, 0.3) is 0 Å². The van der Waals surface area contributed by atoms with Crippen LogP contribution in [0.2, 0.25) is 0 Å². The van der Waals surface area contributed by atoms with Crippen LogP contribution in [0.4, 0.5) is 0 Å². The molecule has 0 aromatic heterocycles. The molecule has 126 valence electrons. The summed E-state index contributed by atoms with van der Waals surface area (Å²) in [7, 11) is 1.72. The van der Waals surface area contributed by atoms with Crippen LogP contribution in [0, 0.1) is 6.92 Å². The summed E-state index contributed by atoms with van der Waals surface area (Å²) in [6.07, 6.45) is 1.02. The maximum Gasteiger partial charge on any atom is 0.119 e. The second kappa shape index (κ2) is 10.1. The van der Waals surface area contributed by atoms with Crippen molar-refractivity contribution in [2.24, 2.45) is 0 Å². The highest BCUT2D eigenvalue weighted by atomic mass is 35.5. The molecule has 0 radical (unpaired) electrons. The number of benzene rings is 1. The van der Waals surface area contributed by atoms with E-state index in [0.717, 1.165) is 38.3 Å². The van der Waals surface area contributed by atoms with Gasteiger partial charge >= 0.3 is 0 Å². The van der Waals surface area contributed by atoms with Gasteiger partial charge in [-0.2, -0.15) is 0 Å².